The first-order valence-corrected chi connectivity index (χ1v) is 5.79. The number of aromatic nitrogens is 1. The molecular weight excluding hydrogens is 265 g/mol. The van der Waals surface area contributed by atoms with Gasteiger partial charge in [-0.25, -0.2) is 9.37 Å². The zero-order chi connectivity index (χ0) is 14.7. The third-order valence-corrected chi connectivity index (χ3v) is 2.77. The lowest BCUT2D eigenvalue weighted by Crippen LogP contribution is -2.03. The molecular formula is C13H12FN3O3. The zero-order valence-corrected chi connectivity index (χ0v) is 10.6. The van der Waals surface area contributed by atoms with E-state index in [0.717, 1.165) is 0 Å². The minimum Gasteiger partial charge on any atom is -0.505 e. The van der Waals surface area contributed by atoms with Crippen molar-refractivity contribution >= 4 is 11.5 Å². The SMILES string of the molecule is Cc1cc(NCc2ccc(O)c(F)c2)ncc1[N+](=O)[O-]. The Bertz CT molecular complexity index is 661. The van der Waals surface area contributed by atoms with Crippen molar-refractivity contribution in [3.8, 4) is 5.75 Å². The van der Waals surface area contributed by atoms with Gasteiger partial charge in [-0.3, -0.25) is 10.1 Å². The molecule has 104 valence electrons. The van der Waals surface area contributed by atoms with E-state index in [1.807, 2.05) is 0 Å². The number of nitro groups is 1. The highest BCUT2D eigenvalue weighted by Gasteiger charge is 2.11. The Morgan fingerprint density at radius 2 is 2.20 bits per heavy atom. The quantitative estimate of drug-likeness (QED) is 0.662. The maximum atomic E-state index is 13.1. The van der Waals surface area contributed by atoms with Crippen molar-refractivity contribution in [3.63, 3.8) is 0 Å². The fourth-order valence-corrected chi connectivity index (χ4v) is 1.69. The highest BCUT2D eigenvalue weighted by atomic mass is 19.1. The molecule has 7 heteroatoms. The van der Waals surface area contributed by atoms with Crippen LogP contribution in [0.1, 0.15) is 11.1 Å². The lowest BCUT2D eigenvalue weighted by atomic mass is 10.2. The van der Waals surface area contributed by atoms with Crippen molar-refractivity contribution < 1.29 is 14.4 Å². The first-order valence-electron chi connectivity index (χ1n) is 5.79. The van der Waals surface area contributed by atoms with Crippen LogP contribution in [0.2, 0.25) is 0 Å². The second-order valence-corrected chi connectivity index (χ2v) is 4.25. The Labute approximate surface area is 114 Å². The van der Waals surface area contributed by atoms with Crippen molar-refractivity contribution in [2.24, 2.45) is 0 Å². The van der Waals surface area contributed by atoms with Gasteiger partial charge in [0.2, 0.25) is 0 Å². The van der Waals surface area contributed by atoms with Crippen molar-refractivity contribution in [3.05, 3.63) is 57.5 Å². The van der Waals surface area contributed by atoms with Crippen LogP contribution in [0, 0.1) is 22.9 Å². The van der Waals surface area contributed by atoms with Crippen molar-refractivity contribution in [1.29, 1.82) is 0 Å². The second-order valence-electron chi connectivity index (χ2n) is 4.25. The molecule has 0 aliphatic rings. The summed E-state index contributed by atoms with van der Waals surface area (Å²) in [5, 5.41) is 22.7. The Morgan fingerprint density at radius 3 is 2.80 bits per heavy atom. The van der Waals surface area contributed by atoms with Crippen LogP contribution in [0.25, 0.3) is 0 Å². The maximum Gasteiger partial charge on any atom is 0.290 e. The minimum absolute atomic E-state index is 0.0498. The molecule has 2 aromatic rings. The molecule has 1 aromatic carbocycles. The van der Waals surface area contributed by atoms with Crippen LogP contribution >= 0.6 is 0 Å². The van der Waals surface area contributed by atoms with Crippen LogP contribution in [0.4, 0.5) is 15.9 Å². The number of nitrogens with one attached hydrogen (secondary N) is 1. The molecule has 0 saturated carbocycles. The van der Waals surface area contributed by atoms with E-state index in [-0.39, 0.29) is 5.69 Å². The molecule has 0 aliphatic heterocycles. The van der Waals surface area contributed by atoms with Gasteiger partial charge < -0.3 is 10.4 Å². The van der Waals surface area contributed by atoms with Gasteiger partial charge in [0, 0.05) is 12.1 Å². The Morgan fingerprint density at radius 1 is 1.45 bits per heavy atom. The van der Waals surface area contributed by atoms with Crippen LogP contribution in [0.3, 0.4) is 0 Å². The first kappa shape index (κ1) is 13.7. The molecule has 2 rings (SSSR count). The Kier molecular flexibility index (Phi) is 3.79. The van der Waals surface area contributed by atoms with Gasteiger partial charge >= 0.3 is 0 Å². The number of aromatic hydroxyl groups is 1. The molecule has 20 heavy (non-hydrogen) atoms. The fraction of sp³-hybridized carbons (Fsp3) is 0.154. The van der Waals surface area contributed by atoms with Gasteiger partial charge in [0.05, 0.1) is 4.92 Å². The van der Waals surface area contributed by atoms with Crippen LogP contribution in [-0.4, -0.2) is 15.0 Å². The van der Waals surface area contributed by atoms with Crippen molar-refractivity contribution in [2.75, 3.05) is 5.32 Å². The molecule has 2 N–H and O–H groups in total. The van der Waals surface area contributed by atoms with Crippen LogP contribution in [-0.2, 0) is 6.54 Å². The summed E-state index contributed by atoms with van der Waals surface area (Å²) in [6.07, 6.45) is 1.18. The molecule has 0 saturated heterocycles. The van der Waals surface area contributed by atoms with E-state index in [4.69, 9.17) is 5.11 Å². The number of hydrogen-bond acceptors (Lipinski definition) is 5. The van der Waals surface area contributed by atoms with E-state index < -0.39 is 16.5 Å². The van der Waals surface area contributed by atoms with E-state index in [1.54, 1.807) is 19.1 Å². The van der Waals surface area contributed by atoms with Crippen molar-refractivity contribution in [2.45, 2.75) is 13.5 Å². The predicted octanol–water partition coefficient (Wildman–Crippen LogP) is 2.76. The van der Waals surface area contributed by atoms with E-state index in [1.165, 1.54) is 18.3 Å². The van der Waals surface area contributed by atoms with E-state index in [0.29, 0.717) is 23.5 Å². The Balaban J connectivity index is 2.09. The summed E-state index contributed by atoms with van der Waals surface area (Å²) in [5.41, 5.74) is 1.06. The summed E-state index contributed by atoms with van der Waals surface area (Å²) >= 11 is 0. The number of hydrogen-bond donors (Lipinski definition) is 2. The number of nitrogens with zero attached hydrogens (tertiary/aromatic N) is 2. The highest BCUT2D eigenvalue weighted by molar-refractivity contribution is 5.47. The summed E-state index contributed by atoms with van der Waals surface area (Å²) in [6, 6.07) is 5.60. The van der Waals surface area contributed by atoms with Gasteiger partial charge in [0.15, 0.2) is 11.6 Å². The number of pyridine rings is 1. The fourth-order valence-electron chi connectivity index (χ4n) is 1.69. The molecule has 6 nitrogen and oxygen atoms in total. The molecule has 0 atom stereocenters. The lowest BCUT2D eigenvalue weighted by Gasteiger charge is -2.07. The first-order chi connectivity index (χ1) is 9.47. The van der Waals surface area contributed by atoms with E-state index >= 15 is 0 Å². The number of anilines is 1. The number of phenols is 1. The van der Waals surface area contributed by atoms with Gasteiger partial charge in [0.1, 0.15) is 12.0 Å². The largest absolute Gasteiger partial charge is 0.505 e. The standard InChI is InChI=1S/C13H12FN3O3/c1-8-4-13(16-7-11(8)17(19)20)15-6-9-2-3-12(18)10(14)5-9/h2-5,7,18H,6H2,1H3,(H,15,16). The molecule has 0 radical (unpaired) electrons. The van der Waals surface area contributed by atoms with Gasteiger partial charge in [-0.1, -0.05) is 6.07 Å². The number of phenolic OH excluding ortho intramolecular Hbond substituents is 1. The normalized spacial score (nSPS) is 10.3. The molecule has 1 aromatic heterocycles. The van der Waals surface area contributed by atoms with E-state index in [9.17, 15) is 14.5 Å². The number of benzene rings is 1. The molecule has 0 unspecified atom stereocenters. The lowest BCUT2D eigenvalue weighted by molar-refractivity contribution is -0.385. The van der Waals surface area contributed by atoms with Gasteiger partial charge in [0.25, 0.3) is 5.69 Å². The van der Waals surface area contributed by atoms with Crippen LogP contribution in [0.15, 0.2) is 30.5 Å². The summed E-state index contributed by atoms with van der Waals surface area (Å²) in [5.74, 6) is -0.642. The number of aryl methyl sites for hydroxylation is 1. The van der Waals surface area contributed by atoms with Crippen molar-refractivity contribution in [1.82, 2.24) is 4.98 Å². The third kappa shape index (κ3) is 3.00. The number of halogens is 1. The molecule has 1 heterocycles. The summed E-state index contributed by atoms with van der Waals surface area (Å²) in [6.45, 7) is 1.91. The zero-order valence-electron chi connectivity index (χ0n) is 10.6. The molecule has 0 aliphatic carbocycles. The minimum atomic E-state index is -0.697. The smallest absolute Gasteiger partial charge is 0.290 e. The van der Waals surface area contributed by atoms with Gasteiger partial charge in [-0.05, 0) is 30.7 Å². The third-order valence-electron chi connectivity index (χ3n) is 2.77. The summed E-state index contributed by atoms with van der Waals surface area (Å²) < 4.78 is 13.1. The molecule has 0 amide bonds. The summed E-state index contributed by atoms with van der Waals surface area (Å²) in [4.78, 5) is 14.1. The average Bonchev–Trinajstić information content (AvgIpc) is 2.40. The van der Waals surface area contributed by atoms with Gasteiger partial charge in [-0.2, -0.15) is 0 Å². The maximum absolute atomic E-state index is 13.1. The highest BCUT2D eigenvalue weighted by Crippen LogP contribution is 2.20. The van der Waals surface area contributed by atoms with E-state index in [2.05, 4.69) is 10.3 Å². The topological polar surface area (TPSA) is 88.3 Å². The predicted molar refractivity (Wildman–Crippen MR) is 71.0 cm³/mol. The van der Waals surface area contributed by atoms with Gasteiger partial charge in [-0.15, -0.1) is 0 Å². The molecule has 0 fully saturated rings. The monoisotopic (exact) mass is 277 g/mol. The Hall–Kier alpha value is -2.70. The second kappa shape index (κ2) is 5.52. The molecule has 0 bridgehead atoms. The van der Waals surface area contributed by atoms with Crippen LogP contribution < -0.4 is 5.32 Å². The van der Waals surface area contributed by atoms with Crippen LogP contribution in [0.5, 0.6) is 5.75 Å². The average molecular weight is 277 g/mol. The molecule has 0 spiro atoms. The number of rotatable bonds is 4. The summed E-state index contributed by atoms with van der Waals surface area (Å²) in [7, 11) is 0.